The molecule has 0 radical (unpaired) electrons. The van der Waals surface area contributed by atoms with E-state index in [-0.39, 0.29) is 24.6 Å². The highest BCUT2D eigenvalue weighted by atomic mass is 16.5. The number of nitrogens with zero attached hydrogens (tertiary/aromatic N) is 3. The molecule has 0 N–H and O–H groups in total. The number of rotatable bonds is 4. The van der Waals surface area contributed by atoms with Gasteiger partial charge in [-0.3, -0.25) is 9.78 Å². The summed E-state index contributed by atoms with van der Waals surface area (Å²) >= 11 is 0. The maximum absolute atomic E-state index is 12.4. The first-order valence-corrected chi connectivity index (χ1v) is 8.49. The van der Waals surface area contributed by atoms with Crippen LogP contribution in [0.1, 0.15) is 22.5 Å². The monoisotopic (exact) mass is 347 g/mol. The molecule has 2 aromatic carbocycles. The van der Waals surface area contributed by atoms with Crippen molar-refractivity contribution in [3.05, 3.63) is 66.0 Å². The molecule has 1 aromatic heterocycles. The van der Waals surface area contributed by atoms with Crippen LogP contribution in [-0.4, -0.2) is 35.0 Å². The summed E-state index contributed by atoms with van der Waals surface area (Å²) in [4.78, 5) is 34.7. The number of benzene rings is 2. The minimum Gasteiger partial charge on any atom is -0.460 e. The average Bonchev–Trinajstić information content (AvgIpc) is 3.11. The van der Waals surface area contributed by atoms with Gasteiger partial charge in [0.15, 0.2) is 5.69 Å². The molecule has 26 heavy (non-hydrogen) atoms. The molecule has 0 saturated carbocycles. The van der Waals surface area contributed by atoms with Crippen molar-refractivity contribution < 1.29 is 14.3 Å². The van der Waals surface area contributed by atoms with E-state index in [0.29, 0.717) is 17.6 Å². The van der Waals surface area contributed by atoms with E-state index >= 15 is 0 Å². The van der Waals surface area contributed by atoms with Crippen molar-refractivity contribution in [2.75, 3.05) is 18.1 Å². The van der Waals surface area contributed by atoms with Crippen molar-refractivity contribution in [2.45, 2.75) is 12.8 Å². The molecule has 6 nitrogen and oxygen atoms in total. The Labute approximate surface area is 150 Å². The lowest BCUT2D eigenvalue weighted by molar-refractivity contribution is -0.119. The summed E-state index contributed by atoms with van der Waals surface area (Å²) in [5.41, 5.74) is 3.61. The van der Waals surface area contributed by atoms with E-state index in [4.69, 9.17) is 4.74 Å². The molecular formula is C20H17N3O3. The molecule has 1 aliphatic heterocycles. The van der Waals surface area contributed by atoms with E-state index in [2.05, 4.69) is 9.97 Å². The SMILES string of the molecule is O=C(OCCC(=O)N1CCc2ccccc21)c1cnc2ccccc2n1. The molecule has 2 heterocycles. The lowest BCUT2D eigenvalue weighted by Crippen LogP contribution is -2.30. The number of hydrogen-bond donors (Lipinski definition) is 0. The minimum absolute atomic E-state index is 0.0187. The number of fused-ring (bicyclic) bond motifs is 2. The van der Waals surface area contributed by atoms with Gasteiger partial charge in [0, 0.05) is 12.2 Å². The maximum atomic E-state index is 12.4. The summed E-state index contributed by atoms with van der Waals surface area (Å²) in [6, 6.07) is 15.2. The molecular weight excluding hydrogens is 330 g/mol. The number of carbonyl (C=O) groups excluding carboxylic acids is 2. The summed E-state index contributed by atoms with van der Waals surface area (Å²) in [7, 11) is 0. The smallest absolute Gasteiger partial charge is 0.358 e. The Hall–Kier alpha value is -3.28. The van der Waals surface area contributed by atoms with Crippen LogP contribution in [0.5, 0.6) is 0 Å². The lowest BCUT2D eigenvalue weighted by Gasteiger charge is -2.17. The highest BCUT2D eigenvalue weighted by molar-refractivity contribution is 5.96. The first kappa shape index (κ1) is 16.2. The first-order chi connectivity index (χ1) is 12.7. The summed E-state index contributed by atoms with van der Waals surface area (Å²) in [5, 5.41) is 0. The van der Waals surface area contributed by atoms with Crippen LogP contribution in [0, 0.1) is 0 Å². The molecule has 130 valence electrons. The second-order valence-corrected chi connectivity index (χ2v) is 6.05. The molecule has 0 aliphatic carbocycles. The van der Waals surface area contributed by atoms with Gasteiger partial charge in [0.25, 0.3) is 0 Å². The summed E-state index contributed by atoms with van der Waals surface area (Å²) in [5.74, 6) is -0.620. The number of amides is 1. The fourth-order valence-corrected chi connectivity index (χ4v) is 3.09. The highest BCUT2D eigenvalue weighted by Gasteiger charge is 2.24. The van der Waals surface area contributed by atoms with Crippen molar-refractivity contribution in [3.63, 3.8) is 0 Å². The van der Waals surface area contributed by atoms with Gasteiger partial charge in [-0.25, -0.2) is 9.78 Å². The largest absolute Gasteiger partial charge is 0.460 e. The Bertz CT molecular complexity index is 987. The van der Waals surface area contributed by atoms with E-state index in [9.17, 15) is 9.59 Å². The fraction of sp³-hybridized carbons (Fsp3) is 0.200. The molecule has 6 heteroatoms. The van der Waals surface area contributed by atoms with Gasteiger partial charge in [0.1, 0.15) is 6.61 Å². The van der Waals surface area contributed by atoms with Gasteiger partial charge in [0.2, 0.25) is 5.91 Å². The molecule has 0 spiro atoms. The zero-order valence-electron chi connectivity index (χ0n) is 14.1. The molecule has 3 aromatic rings. The number of ether oxygens (including phenoxy) is 1. The average molecular weight is 347 g/mol. The predicted octanol–water partition coefficient (Wildman–Crippen LogP) is 2.77. The Balaban J connectivity index is 1.35. The van der Waals surface area contributed by atoms with Crippen LogP contribution in [0.4, 0.5) is 5.69 Å². The summed E-state index contributed by atoms with van der Waals surface area (Å²) in [6.07, 6.45) is 2.39. The van der Waals surface area contributed by atoms with Crippen LogP contribution in [0.25, 0.3) is 11.0 Å². The van der Waals surface area contributed by atoms with E-state index in [1.165, 1.54) is 11.8 Å². The molecule has 0 bridgehead atoms. The van der Waals surface area contributed by atoms with E-state index in [1.807, 2.05) is 42.5 Å². The maximum Gasteiger partial charge on any atom is 0.358 e. The van der Waals surface area contributed by atoms with Gasteiger partial charge in [0.05, 0.1) is 23.7 Å². The molecule has 1 aliphatic rings. The normalized spacial score (nSPS) is 12.8. The topological polar surface area (TPSA) is 72.4 Å². The van der Waals surface area contributed by atoms with Gasteiger partial charge >= 0.3 is 5.97 Å². The number of hydrogen-bond acceptors (Lipinski definition) is 5. The van der Waals surface area contributed by atoms with Crippen molar-refractivity contribution in [1.82, 2.24) is 9.97 Å². The van der Waals surface area contributed by atoms with Crippen LogP contribution < -0.4 is 4.90 Å². The van der Waals surface area contributed by atoms with Crippen LogP contribution in [-0.2, 0) is 16.0 Å². The van der Waals surface area contributed by atoms with Crippen molar-refractivity contribution in [1.29, 1.82) is 0 Å². The van der Waals surface area contributed by atoms with Gasteiger partial charge < -0.3 is 9.64 Å². The van der Waals surface area contributed by atoms with E-state index in [1.54, 1.807) is 11.0 Å². The van der Waals surface area contributed by atoms with Crippen molar-refractivity contribution >= 4 is 28.6 Å². The second kappa shape index (κ2) is 6.92. The third-order valence-corrected chi connectivity index (χ3v) is 4.39. The molecule has 1 amide bonds. The molecule has 0 unspecified atom stereocenters. The fourth-order valence-electron chi connectivity index (χ4n) is 3.09. The Morgan fingerprint density at radius 1 is 1.04 bits per heavy atom. The van der Waals surface area contributed by atoms with Crippen LogP contribution >= 0.6 is 0 Å². The van der Waals surface area contributed by atoms with Gasteiger partial charge in [-0.2, -0.15) is 0 Å². The quantitative estimate of drug-likeness (QED) is 0.679. The first-order valence-electron chi connectivity index (χ1n) is 8.49. The third kappa shape index (κ3) is 3.13. The van der Waals surface area contributed by atoms with Crippen molar-refractivity contribution in [3.8, 4) is 0 Å². The number of aromatic nitrogens is 2. The lowest BCUT2D eigenvalue weighted by atomic mass is 10.2. The van der Waals surface area contributed by atoms with Crippen LogP contribution in [0.15, 0.2) is 54.7 Å². The minimum atomic E-state index is -0.571. The van der Waals surface area contributed by atoms with E-state index in [0.717, 1.165) is 12.1 Å². The number of anilines is 1. The van der Waals surface area contributed by atoms with E-state index < -0.39 is 5.97 Å². The van der Waals surface area contributed by atoms with Crippen LogP contribution in [0.3, 0.4) is 0 Å². The molecule has 0 fully saturated rings. The highest BCUT2D eigenvalue weighted by Crippen LogP contribution is 2.27. The second-order valence-electron chi connectivity index (χ2n) is 6.05. The zero-order chi connectivity index (χ0) is 17.9. The Kier molecular flexibility index (Phi) is 4.31. The zero-order valence-corrected chi connectivity index (χ0v) is 14.1. The predicted molar refractivity (Wildman–Crippen MR) is 96.9 cm³/mol. The molecule has 0 atom stereocenters. The number of esters is 1. The Morgan fingerprint density at radius 3 is 2.69 bits per heavy atom. The standard InChI is InChI=1S/C20H17N3O3/c24-19(23-11-9-14-5-1-4-8-18(14)23)10-12-26-20(25)17-13-21-15-6-2-3-7-16(15)22-17/h1-8,13H,9-12H2. The van der Waals surface area contributed by atoms with Crippen LogP contribution in [0.2, 0.25) is 0 Å². The number of para-hydroxylation sites is 3. The summed E-state index contributed by atoms with van der Waals surface area (Å²) in [6.45, 7) is 0.688. The Morgan fingerprint density at radius 2 is 1.81 bits per heavy atom. The van der Waals surface area contributed by atoms with Gasteiger partial charge in [-0.15, -0.1) is 0 Å². The van der Waals surface area contributed by atoms with Crippen molar-refractivity contribution in [2.24, 2.45) is 0 Å². The molecule has 4 rings (SSSR count). The summed E-state index contributed by atoms with van der Waals surface area (Å²) < 4.78 is 5.21. The third-order valence-electron chi connectivity index (χ3n) is 4.39. The van der Waals surface area contributed by atoms with Gasteiger partial charge in [-0.05, 0) is 30.2 Å². The van der Waals surface area contributed by atoms with Gasteiger partial charge in [-0.1, -0.05) is 30.3 Å². The number of carbonyl (C=O) groups is 2. The molecule has 0 saturated heterocycles.